The molecule has 0 N–H and O–H groups in total. The maximum absolute atomic E-state index is 2.46. The highest BCUT2D eigenvalue weighted by Crippen LogP contribution is 2.49. The van der Waals surface area contributed by atoms with Gasteiger partial charge in [-0.2, -0.15) is 0 Å². The smallest absolute Gasteiger partial charge is 0.0555 e. The third kappa shape index (κ3) is 4.69. The zero-order valence-corrected chi connectivity index (χ0v) is 28.1. The van der Waals surface area contributed by atoms with E-state index in [1.807, 2.05) is 11.3 Å². The molecule has 1 aromatic heterocycles. The number of benzene rings is 9. The molecule has 0 aliphatic rings. The van der Waals surface area contributed by atoms with Crippen molar-refractivity contribution in [3.8, 4) is 22.3 Å². The van der Waals surface area contributed by atoms with Gasteiger partial charge >= 0.3 is 0 Å². The zero-order chi connectivity index (χ0) is 33.0. The minimum atomic E-state index is 1.12. The summed E-state index contributed by atoms with van der Waals surface area (Å²) < 4.78 is 2.59. The van der Waals surface area contributed by atoms with Gasteiger partial charge in [-0.3, -0.25) is 0 Å². The molecule has 0 radical (unpaired) electrons. The third-order valence-electron chi connectivity index (χ3n) is 10.0. The van der Waals surface area contributed by atoms with Crippen LogP contribution in [0, 0.1) is 0 Å². The van der Waals surface area contributed by atoms with E-state index in [9.17, 15) is 0 Å². The number of anilines is 3. The summed E-state index contributed by atoms with van der Waals surface area (Å²) in [6, 6.07) is 68.7. The van der Waals surface area contributed by atoms with Crippen LogP contribution in [0.15, 0.2) is 188 Å². The van der Waals surface area contributed by atoms with E-state index < -0.39 is 0 Å². The first-order chi connectivity index (χ1) is 24.8. The average molecular weight is 654 g/mol. The minimum absolute atomic E-state index is 1.12. The minimum Gasteiger partial charge on any atom is -0.310 e. The van der Waals surface area contributed by atoms with Crippen LogP contribution in [-0.4, -0.2) is 0 Å². The Balaban J connectivity index is 1.26. The molecule has 50 heavy (non-hydrogen) atoms. The van der Waals surface area contributed by atoms with E-state index in [4.69, 9.17) is 0 Å². The van der Waals surface area contributed by atoms with Gasteiger partial charge in [0.05, 0.1) is 5.69 Å². The SMILES string of the molecule is c1ccc(-c2ccc(N(c3ccc4ccc5ccccc5c4c3)c3ccc(-c4cccc5ccccc45)c4sc5ccccc5c34)cc2)cc1. The molecule has 0 fully saturated rings. The van der Waals surface area contributed by atoms with Crippen LogP contribution in [0.4, 0.5) is 17.1 Å². The average Bonchev–Trinajstić information content (AvgIpc) is 3.59. The first-order valence-electron chi connectivity index (χ1n) is 17.1. The zero-order valence-electron chi connectivity index (χ0n) is 27.3. The third-order valence-corrected chi connectivity index (χ3v) is 11.3. The normalized spacial score (nSPS) is 11.6. The predicted molar refractivity (Wildman–Crippen MR) is 217 cm³/mol. The van der Waals surface area contributed by atoms with Crippen LogP contribution in [0.2, 0.25) is 0 Å². The van der Waals surface area contributed by atoms with Crippen molar-refractivity contribution >= 4 is 80.9 Å². The maximum atomic E-state index is 2.46. The van der Waals surface area contributed by atoms with Gasteiger partial charge in [-0.1, -0.05) is 152 Å². The van der Waals surface area contributed by atoms with Crippen LogP contribution < -0.4 is 4.90 Å². The van der Waals surface area contributed by atoms with Gasteiger partial charge in [-0.05, 0) is 85.4 Å². The number of hydrogen-bond donors (Lipinski definition) is 0. The molecule has 1 heterocycles. The number of thiophene rings is 1. The lowest BCUT2D eigenvalue weighted by molar-refractivity contribution is 1.31. The van der Waals surface area contributed by atoms with Gasteiger partial charge in [0.2, 0.25) is 0 Å². The molecule has 234 valence electrons. The van der Waals surface area contributed by atoms with Gasteiger partial charge < -0.3 is 4.90 Å². The van der Waals surface area contributed by atoms with Crippen LogP contribution in [0.3, 0.4) is 0 Å². The monoisotopic (exact) mass is 653 g/mol. The number of fused-ring (bicyclic) bond motifs is 7. The van der Waals surface area contributed by atoms with E-state index >= 15 is 0 Å². The Morgan fingerprint density at radius 1 is 0.360 bits per heavy atom. The lowest BCUT2D eigenvalue weighted by Crippen LogP contribution is -2.10. The fourth-order valence-corrected chi connectivity index (χ4v) is 8.91. The summed E-state index contributed by atoms with van der Waals surface area (Å²) in [5, 5.41) is 10.1. The van der Waals surface area contributed by atoms with Gasteiger partial charge in [0.1, 0.15) is 0 Å². The largest absolute Gasteiger partial charge is 0.310 e. The Labute approximate surface area is 294 Å². The first kappa shape index (κ1) is 28.8. The highest BCUT2D eigenvalue weighted by Gasteiger charge is 2.22. The molecule has 10 aromatic rings. The summed E-state index contributed by atoms with van der Waals surface area (Å²) in [4.78, 5) is 2.46. The lowest BCUT2D eigenvalue weighted by Gasteiger charge is -2.28. The van der Waals surface area contributed by atoms with Gasteiger partial charge in [0.15, 0.2) is 0 Å². The molecule has 0 atom stereocenters. The molecule has 2 heteroatoms. The van der Waals surface area contributed by atoms with Crippen LogP contribution >= 0.6 is 11.3 Å². The van der Waals surface area contributed by atoms with E-state index in [1.54, 1.807) is 0 Å². The summed E-state index contributed by atoms with van der Waals surface area (Å²) in [6.45, 7) is 0. The van der Waals surface area contributed by atoms with Gasteiger partial charge in [-0.25, -0.2) is 0 Å². The Morgan fingerprint density at radius 3 is 1.78 bits per heavy atom. The van der Waals surface area contributed by atoms with Crippen molar-refractivity contribution in [3.63, 3.8) is 0 Å². The molecular weight excluding hydrogens is 623 g/mol. The van der Waals surface area contributed by atoms with Crippen LogP contribution in [0.5, 0.6) is 0 Å². The van der Waals surface area contributed by atoms with E-state index in [1.165, 1.54) is 80.4 Å². The van der Waals surface area contributed by atoms with Crippen molar-refractivity contribution in [3.05, 3.63) is 188 Å². The standard InChI is InChI=1S/C48H31NS/c1-2-11-32(12-3-1)33-23-26-37(27-24-33)49(38-28-25-36-22-21-35-14-5-7-17-40(35)44(36)31-38)45-30-29-42(41-19-10-15-34-13-4-6-16-39(34)41)48-47(45)43-18-8-9-20-46(43)50-48/h1-31H. The molecule has 1 nitrogen and oxygen atoms in total. The molecule has 9 aromatic carbocycles. The first-order valence-corrected chi connectivity index (χ1v) is 17.9. The number of rotatable bonds is 5. The topological polar surface area (TPSA) is 3.24 Å². The summed E-state index contributed by atoms with van der Waals surface area (Å²) in [7, 11) is 0. The summed E-state index contributed by atoms with van der Waals surface area (Å²) in [5.41, 5.74) is 8.39. The van der Waals surface area contributed by atoms with E-state index in [2.05, 4.69) is 193 Å². The van der Waals surface area contributed by atoms with E-state index in [0.717, 1.165) is 11.4 Å². The van der Waals surface area contributed by atoms with Crippen molar-refractivity contribution in [2.24, 2.45) is 0 Å². The van der Waals surface area contributed by atoms with Crippen molar-refractivity contribution < 1.29 is 0 Å². The Kier molecular flexibility index (Phi) is 6.75. The van der Waals surface area contributed by atoms with Crippen LogP contribution in [0.25, 0.3) is 74.7 Å². The molecule has 0 aliphatic carbocycles. The van der Waals surface area contributed by atoms with Crippen molar-refractivity contribution in [2.75, 3.05) is 4.90 Å². The van der Waals surface area contributed by atoms with Gasteiger partial charge in [0.25, 0.3) is 0 Å². The van der Waals surface area contributed by atoms with Gasteiger partial charge in [0, 0.05) is 37.1 Å². The molecule has 0 aliphatic heterocycles. The second kappa shape index (κ2) is 11.7. The fourth-order valence-electron chi connectivity index (χ4n) is 7.66. The molecular formula is C48H31NS. The molecule has 10 rings (SSSR count). The lowest BCUT2D eigenvalue weighted by atomic mass is 9.95. The Hall–Kier alpha value is -6.22. The summed E-state index contributed by atoms with van der Waals surface area (Å²) in [5.74, 6) is 0. The second-order valence-corrected chi connectivity index (χ2v) is 14.0. The Bertz CT molecular complexity index is 2860. The molecule has 0 saturated heterocycles. The number of hydrogen-bond acceptors (Lipinski definition) is 2. The molecule has 0 saturated carbocycles. The summed E-state index contributed by atoms with van der Waals surface area (Å²) >= 11 is 1.89. The van der Waals surface area contributed by atoms with Crippen LogP contribution in [-0.2, 0) is 0 Å². The molecule has 0 amide bonds. The highest BCUT2D eigenvalue weighted by molar-refractivity contribution is 7.26. The maximum Gasteiger partial charge on any atom is 0.0555 e. The van der Waals surface area contributed by atoms with E-state index in [0.29, 0.717) is 0 Å². The molecule has 0 spiro atoms. The van der Waals surface area contributed by atoms with Crippen LogP contribution in [0.1, 0.15) is 0 Å². The predicted octanol–water partition coefficient (Wildman–Crippen LogP) is 14.3. The molecule has 0 bridgehead atoms. The van der Waals surface area contributed by atoms with Crippen molar-refractivity contribution in [1.29, 1.82) is 0 Å². The van der Waals surface area contributed by atoms with Gasteiger partial charge in [-0.15, -0.1) is 11.3 Å². The Morgan fingerprint density at radius 2 is 0.960 bits per heavy atom. The second-order valence-electron chi connectivity index (χ2n) is 12.9. The summed E-state index contributed by atoms with van der Waals surface area (Å²) in [6.07, 6.45) is 0. The van der Waals surface area contributed by atoms with Crippen molar-refractivity contribution in [1.82, 2.24) is 0 Å². The fraction of sp³-hybridized carbons (Fsp3) is 0. The van der Waals surface area contributed by atoms with Crippen molar-refractivity contribution in [2.45, 2.75) is 0 Å². The van der Waals surface area contributed by atoms with E-state index in [-0.39, 0.29) is 0 Å². The quantitative estimate of drug-likeness (QED) is 0.167. The molecule has 0 unspecified atom stereocenters. The number of nitrogens with zero attached hydrogens (tertiary/aromatic N) is 1. The highest BCUT2D eigenvalue weighted by atomic mass is 32.1.